The number of likely N-dealkylation sites (tertiary alicyclic amines) is 2. The molecule has 0 aromatic heterocycles. The maximum Gasteiger partial charge on any atom is 0.320 e. The first kappa shape index (κ1) is 13.7. The average Bonchev–Trinajstić information content (AvgIpc) is 2.39. The van der Waals surface area contributed by atoms with E-state index in [1.165, 1.54) is 44.9 Å². The molecule has 0 aromatic rings. The number of hydrogen-bond donors (Lipinski definition) is 0. The zero-order valence-electron chi connectivity index (χ0n) is 12.0. The van der Waals surface area contributed by atoms with Crippen molar-refractivity contribution in [1.29, 1.82) is 0 Å². The van der Waals surface area contributed by atoms with Crippen molar-refractivity contribution in [3.8, 4) is 0 Å². The van der Waals surface area contributed by atoms with Crippen LogP contribution in [0, 0.1) is 5.92 Å². The smallest absolute Gasteiger partial charge is 0.320 e. The molecule has 2 amide bonds. The lowest BCUT2D eigenvalue weighted by atomic mass is 9.97. The van der Waals surface area contributed by atoms with Gasteiger partial charge in [0.25, 0.3) is 0 Å². The average molecular weight is 252 g/mol. The normalized spacial score (nSPS) is 29.4. The molecular formula is C15H28N2O. The Morgan fingerprint density at radius 1 is 1.17 bits per heavy atom. The second kappa shape index (κ2) is 6.44. The van der Waals surface area contributed by atoms with Crippen LogP contribution in [0.3, 0.4) is 0 Å². The Hall–Kier alpha value is -0.730. The summed E-state index contributed by atoms with van der Waals surface area (Å²) in [6.45, 7) is 7.40. The van der Waals surface area contributed by atoms with Crippen molar-refractivity contribution in [3.63, 3.8) is 0 Å². The number of carbonyl (C=O) groups excluding carboxylic acids is 1. The van der Waals surface area contributed by atoms with Gasteiger partial charge in [0.2, 0.25) is 0 Å². The Kier molecular flexibility index (Phi) is 4.90. The van der Waals surface area contributed by atoms with E-state index in [4.69, 9.17) is 0 Å². The fourth-order valence-corrected chi connectivity index (χ4v) is 3.43. The highest BCUT2D eigenvalue weighted by molar-refractivity contribution is 5.75. The van der Waals surface area contributed by atoms with Gasteiger partial charge in [0, 0.05) is 25.7 Å². The number of carbonyl (C=O) groups is 1. The third kappa shape index (κ3) is 3.18. The molecule has 104 valence electrons. The predicted octanol–water partition coefficient (Wildman–Crippen LogP) is 3.49. The highest BCUT2D eigenvalue weighted by Gasteiger charge is 2.31. The van der Waals surface area contributed by atoms with Crippen molar-refractivity contribution in [2.45, 2.75) is 64.8 Å². The number of hydrogen-bond acceptors (Lipinski definition) is 1. The van der Waals surface area contributed by atoms with Gasteiger partial charge in [-0.15, -0.1) is 0 Å². The van der Waals surface area contributed by atoms with E-state index in [0.29, 0.717) is 18.0 Å². The van der Waals surface area contributed by atoms with Crippen LogP contribution in [0.25, 0.3) is 0 Å². The minimum atomic E-state index is 0.319. The Morgan fingerprint density at radius 3 is 2.72 bits per heavy atom. The molecule has 0 radical (unpaired) electrons. The van der Waals surface area contributed by atoms with Gasteiger partial charge in [-0.25, -0.2) is 4.79 Å². The van der Waals surface area contributed by atoms with Crippen LogP contribution in [0.1, 0.15) is 58.8 Å². The van der Waals surface area contributed by atoms with Gasteiger partial charge in [0.15, 0.2) is 0 Å². The zero-order valence-corrected chi connectivity index (χ0v) is 12.0. The molecule has 3 heteroatoms. The number of nitrogens with zero attached hydrogens (tertiary/aromatic N) is 2. The Bertz CT molecular complexity index is 278. The molecule has 0 N–H and O–H groups in total. The van der Waals surface area contributed by atoms with Gasteiger partial charge < -0.3 is 9.80 Å². The van der Waals surface area contributed by atoms with Crippen molar-refractivity contribution in [1.82, 2.24) is 9.80 Å². The molecule has 0 bridgehead atoms. The molecule has 2 rings (SSSR count). The van der Waals surface area contributed by atoms with Crippen LogP contribution in [0.15, 0.2) is 0 Å². The first-order valence-corrected chi connectivity index (χ1v) is 7.78. The lowest BCUT2D eigenvalue weighted by Gasteiger charge is -2.41. The van der Waals surface area contributed by atoms with E-state index in [1.807, 2.05) is 0 Å². The SMILES string of the molecule is CCCC1CCCCN1C(=O)N1CCCC(C)C1. The van der Waals surface area contributed by atoms with Gasteiger partial charge in [-0.3, -0.25) is 0 Å². The van der Waals surface area contributed by atoms with Crippen LogP contribution < -0.4 is 0 Å². The zero-order chi connectivity index (χ0) is 13.0. The van der Waals surface area contributed by atoms with Gasteiger partial charge in [-0.05, 0) is 44.4 Å². The predicted molar refractivity (Wildman–Crippen MR) is 74.6 cm³/mol. The summed E-state index contributed by atoms with van der Waals surface area (Å²) in [5.41, 5.74) is 0. The van der Waals surface area contributed by atoms with Crippen molar-refractivity contribution in [2.24, 2.45) is 5.92 Å². The molecule has 0 aromatic carbocycles. The van der Waals surface area contributed by atoms with E-state index < -0.39 is 0 Å². The van der Waals surface area contributed by atoms with E-state index in [0.717, 1.165) is 19.6 Å². The lowest BCUT2D eigenvalue weighted by molar-refractivity contribution is 0.0972. The topological polar surface area (TPSA) is 23.6 Å². The minimum Gasteiger partial charge on any atom is -0.324 e. The molecule has 2 heterocycles. The molecule has 2 atom stereocenters. The van der Waals surface area contributed by atoms with Crippen LogP contribution in [-0.2, 0) is 0 Å². The lowest BCUT2D eigenvalue weighted by Crippen LogP contribution is -2.52. The molecule has 2 unspecified atom stereocenters. The first-order chi connectivity index (χ1) is 8.72. The summed E-state index contributed by atoms with van der Waals surface area (Å²) in [6.07, 6.45) is 8.52. The second-order valence-corrected chi connectivity index (χ2v) is 6.11. The quantitative estimate of drug-likeness (QED) is 0.738. The second-order valence-electron chi connectivity index (χ2n) is 6.11. The number of rotatable bonds is 2. The van der Waals surface area contributed by atoms with Gasteiger partial charge in [-0.2, -0.15) is 0 Å². The van der Waals surface area contributed by atoms with Gasteiger partial charge >= 0.3 is 6.03 Å². The van der Waals surface area contributed by atoms with Crippen molar-refractivity contribution >= 4 is 6.03 Å². The first-order valence-electron chi connectivity index (χ1n) is 7.78. The third-order valence-corrected chi connectivity index (χ3v) is 4.42. The molecule has 0 saturated carbocycles. The highest BCUT2D eigenvalue weighted by atomic mass is 16.2. The number of amides is 2. The Morgan fingerprint density at radius 2 is 2.00 bits per heavy atom. The molecule has 18 heavy (non-hydrogen) atoms. The van der Waals surface area contributed by atoms with E-state index in [1.54, 1.807) is 0 Å². The minimum absolute atomic E-state index is 0.319. The molecule has 3 nitrogen and oxygen atoms in total. The van der Waals surface area contributed by atoms with E-state index in [9.17, 15) is 4.79 Å². The highest BCUT2D eigenvalue weighted by Crippen LogP contribution is 2.24. The van der Waals surface area contributed by atoms with Gasteiger partial charge in [0.05, 0.1) is 0 Å². The summed E-state index contributed by atoms with van der Waals surface area (Å²) in [4.78, 5) is 16.9. The largest absolute Gasteiger partial charge is 0.324 e. The van der Waals surface area contributed by atoms with Crippen LogP contribution >= 0.6 is 0 Å². The van der Waals surface area contributed by atoms with E-state index in [2.05, 4.69) is 23.6 Å². The molecule has 2 fully saturated rings. The summed E-state index contributed by atoms with van der Waals surface area (Å²) in [5.74, 6) is 0.678. The summed E-state index contributed by atoms with van der Waals surface area (Å²) in [5, 5.41) is 0. The van der Waals surface area contributed by atoms with Crippen LogP contribution in [-0.4, -0.2) is 41.5 Å². The Labute approximate surface area is 112 Å². The summed E-state index contributed by atoms with van der Waals surface area (Å²) >= 11 is 0. The standard InChI is InChI=1S/C15H28N2O/c1-3-7-14-9-4-5-11-17(14)15(18)16-10-6-8-13(2)12-16/h13-14H,3-12H2,1-2H3. The molecule has 0 aliphatic carbocycles. The van der Waals surface area contributed by atoms with E-state index in [-0.39, 0.29) is 0 Å². The van der Waals surface area contributed by atoms with Gasteiger partial charge in [-0.1, -0.05) is 20.3 Å². The Balaban J connectivity index is 1.96. The maximum atomic E-state index is 12.6. The van der Waals surface area contributed by atoms with Crippen molar-refractivity contribution in [3.05, 3.63) is 0 Å². The molecule has 2 aliphatic heterocycles. The van der Waals surface area contributed by atoms with Crippen molar-refractivity contribution < 1.29 is 4.79 Å². The molecule has 2 saturated heterocycles. The van der Waals surface area contributed by atoms with Gasteiger partial charge in [0.1, 0.15) is 0 Å². The summed E-state index contributed by atoms with van der Waals surface area (Å²) < 4.78 is 0. The monoisotopic (exact) mass is 252 g/mol. The summed E-state index contributed by atoms with van der Waals surface area (Å²) in [7, 11) is 0. The van der Waals surface area contributed by atoms with Crippen LogP contribution in [0.2, 0.25) is 0 Å². The molecular weight excluding hydrogens is 224 g/mol. The number of piperidine rings is 2. The number of urea groups is 1. The van der Waals surface area contributed by atoms with E-state index >= 15 is 0 Å². The fraction of sp³-hybridized carbons (Fsp3) is 0.933. The van der Waals surface area contributed by atoms with Crippen LogP contribution in [0.5, 0.6) is 0 Å². The summed E-state index contributed by atoms with van der Waals surface area (Å²) in [6, 6.07) is 0.827. The molecule has 2 aliphatic rings. The third-order valence-electron chi connectivity index (χ3n) is 4.42. The molecule has 0 spiro atoms. The maximum absolute atomic E-state index is 12.6. The van der Waals surface area contributed by atoms with Crippen molar-refractivity contribution in [2.75, 3.05) is 19.6 Å². The fourth-order valence-electron chi connectivity index (χ4n) is 3.43. The van der Waals surface area contributed by atoms with Crippen LogP contribution in [0.4, 0.5) is 4.79 Å².